The number of carbonyl (C=O) groups excluding carboxylic acids is 1. The Morgan fingerprint density at radius 1 is 1.43 bits per heavy atom. The molecule has 1 aromatic rings. The molecule has 21 heavy (non-hydrogen) atoms. The van der Waals surface area contributed by atoms with E-state index in [-0.39, 0.29) is 12.3 Å². The third-order valence-electron chi connectivity index (χ3n) is 3.49. The molecule has 0 spiro atoms. The maximum Gasteiger partial charge on any atom is 0.225 e. The van der Waals surface area contributed by atoms with Crippen molar-refractivity contribution in [3.05, 3.63) is 18.2 Å². The minimum absolute atomic E-state index is 0.172. The minimum atomic E-state index is -0.734. The van der Waals surface area contributed by atoms with Crippen molar-refractivity contribution in [2.45, 2.75) is 18.6 Å². The summed E-state index contributed by atoms with van der Waals surface area (Å²) in [5.74, 6) is 0.374. The maximum absolute atomic E-state index is 12.0. The predicted molar refractivity (Wildman–Crippen MR) is 79.1 cm³/mol. The molecular formula is C14H21N3O4. The fourth-order valence-electron chi connectivity index (χ4n) is 2.33. The highest BCUT2D eigenvalue weighted by atomic mass is 16.5. The number of nitrogens with one attached hydrogen (secondary N) is 1. The highest BCUT2D eigenvalue weighted by Crippen LogP contribution is 2.26. The van der Waals surface area contributed by atoms with Crippen molar-refractivity contribution in [1.29, 1.82) is 0 Å². The van der Waals surface area contributed by atoms with Gasteiger partial charge in [-0.1, -0.05) is 0 Å². The number of methoxy groups -OCH3 is 1. The number of aliphatic hydroxyl groups is 2. The summed E-state index contributed by atoms with van der Waals surface area (Å²) in [6.07, 6.45) is -1.21. The highest BCUT2D eigenvalue weighted by molar-refractivity contribution is 5.93. The summed E-state index contributed by atoms with van der Waals surface area (Å²) in [6.45, 7) is 1.25. The van der Waals surface area contributed by atoms with Gasteiger partial charge >= 0.3 is 0 Å². The zero-order valence-corrected chi connectivity index (χ0v) is 12.0. The summed E-state index contributed by atoms with van der Waals surface area (Å²) in [5.41, 5.74) is 6.76. The van der Waals surface area contributed by atoms with Gasteiger partial charge in [0.05, 0.1) is 25.0 Å². The number of nitrogens with two attached hydrogens (primary N) is 1. The Kier molecular flexibility index (Phi) is 5.00. The molecule has 1 aromatic carbocycles. The quantitative estimate of drug-likeness (QED) is 0.553. The first-order valence-corrected chi connectivity index (χ1v) is 6.81. The number of hydrogen-bond acceptors (Lipinski definition) is 6. The van der Waals surface area contributed by atoms with Crippen LogP contribution in [0.15, 0.2) is 18.2 Å². The maximum atomic E-state index is 12.0. The van der Waals surface area contributed by atoms with Gasteiger partial charge in [0.2, 0.25) is 5.91 Å². The van der Waals surface area contributed by atoms with Crippen LogP contribution in [-0.4, -0.2) is 60.0 Å². The molecule has 116 valence electrons. The van der Waals surface area contributed by atoms with Crippen LogP contribution in [-0.2, 0) is 4.79 Å². The summed E-state index contributed by atoms with van der Waals surface area (Å²) in [6, 6.07) is 5.03. The van der Waals surface area contributed by atoms with Crippen LogP contribution in [0.5, 0.6) is 5.75 Å². The molecule has 7 nitrogen and oxygen atoms in total. The number of amides is 1. The lowest BCUT2D eigenvalue weighted by Crippen LogP contribution is -2.27. The second kappa shape index (κ2) is 6.75. The van der Waals surface area contributed by atoms with Gasteiger partial charge < -0.3 is 26.0 Å². The van der Waals surface area contributed by atoms with Gasteiger partial charge in [-0.25, -0.2) is 0 Å². The van der Waals surface area contributed by atoms with Crippen molar-refractivity contribution < 1.29 is 19.7 Å². The van der Waals surface area contributed by atoms with Crippen LogP contribution in [0.25, 0.3) is 0 Å². The monoisotopic (exact) mass is 295 g/mol. The molecule has 0 aliphatic carbocycles. The molecule has 1 saturated heterocycles. The number of rotatable bonds is 5. The molecule has 2 atom stereocenters. The average molecular weight is 295 g/mol. The number of carbonyl (C=O) groups is 1. The molecule has 1 aliphatic heterocycles. The summed E-state index contributed by atoms with van der Waals surface area (Å²) in [7, 11) is 1.52. The number of aliphatic hydroxyl groups excluding tert-OH is 2. The van der Waals surface area contributed by atoms with Gasteiger partial charge in [0, 0.05) is 31.7 Å². The Morgan fingerprint density at radius 2 is 2.10 bits per heavy atom. The van der Waals surface area contributed by atoms with Crippen LogP contribution in [0, 0.1) is 0 Å². The first-order valence-electron chi connectivity index (χ1n) is 6.81. The van der Waals surface area contributed by atoms with E-state index in [2.05, 4.69) is 5.32 Å². The van der Waals surface area contributed by atoms with Crippen LogP contribution in [0.2, 0.25) is 0 Å². The summed E-state index contributed by atoms with van der Waals surface area (Å²) < 4.78 is 5.16. The van der Waals surface area contributed by atoms with Crippen LogP contribution in [0.1, 0.15) is 6.42 Å². The molecule has 2 unspecified atom stereocenters. The molecule has 5 N–H and O–H groups in total. The number of likely N-dealkylation sites (tertiary alicyclic amines) is 1. The van der Waals surface area contributed by atoms with Gasteiger partial charge in [-0.05, 0) is 18.2 Å². The number of nitrogens with zero attached hydrogens (tertiary/aromatic N) is 1. The first kappa shape index (κ1) is 15.6. The molecule has 7 heteroatoms. The first-order chi connectivity index (χ1) is 9.99. The predicted octanol–water partition coefficient (Wildman–Crippen LogP) is -0.357. The van der Waals surface area contributed by atoms with Crippen LogP contribution >= 0.6 is 0 Å². The van der Waals surface area contributed by atoms with Crippen LogP contribution in [0.4, 0.5) is 11.4 Å². The van der Waals surface area contributed by atoms with Gasteiger partial charge in [0.15, 0.2) is 0 Å². The van der Waals surface area contributed by atoms with E-state index in [1.54, 1.807) is 18.2 Å². The number of β-amino-alcohol motifs (C(OH)–C–C–N with tert-alkyl or cyclic N) is 2. The van der Waals surface area contributed by atoms with Crippen molar-refractivity contribution in [2.24, 2.45) is 0 Å². The number of nitrogen functional groups attached to an aromatic ring is 1. The minimum Gasteiger partial charge on any atom is -0.495 e. The number of benzene rings is 1. The molecule has 0 saturated carbocycles. The number of hydrogen-bond donors (Lipinski definition) is 4. The Morgan fingerprint density at radius 3 is 2.71 bits per heavy atom. The molecule has 1 aliphatic rings. The average Bonchev–Trinajstić information content (AvgIpc) is 2.76. The van der Waals surface area contributed by atoms with Crippen LogP contribution in [0.3, 0.4) is 0 Å². The lowest BCUT2D eigenvalue weighted by molar-refractivity contribution is -0.116. The second-order valence-electron chi connectivity index (χ2n) is 5.15. The summed E-state index contributed by atoms with van der Waals surface area (Å²) in [5, 5.41) is 21.6. The van der Waals surface area contributed by atoms with E-state index in [9.17, 15) is 15.0 Å². The van der Waals surface area contributed by atoms with Gasteiger partial charge in [-0.15, -0.1) is 0 Å². The van der Waals surface area contributed by atoms with E-state index in [1.807, 2.05) is 4.90 Å². The lowest BCUT2D eigenvalue weighted by Gasteiger charge is -2.15. The molecule has 0 radical (unpaired) electrons. The van der Waals surface area contributed by atoms with Crippen molar-refractivity contribution >= 4 is 17.3 Å². The fraction of sp³-hybridized carbons (Fsp3) is 0.500. The third kappa shape index (κ3) is 4.07. The largest absolute Gasteiger partial charge is 0.495 e. The summed E-state index contributed by atoms with van der Waals surface area (Å²) in [4.78, 5) is 13.8. The Labute approximate surface area is 123 Å². The highest BCUT2D eigenvalue weighted by Gasteiger charge is 2.29. The standard InChI is InChI=1S/C14H21N3O4/c1-21-13-3-2-9(15)6-10(13)16-14(20)4-5-17-7-11(18)12(19)8-17/h2-3,6,11-12,18-19H,4-5,7-8,15H2,1H3,(H,16,20). The van der Waals surface area contributed by atoms with Crippen molar-refractivity contribution in [2.75, 3.05) is 37.8 Å². The smallest absolute Gasteiger partial charge is 0.225 e. The molecular weight excluding hydrogens is 274 g/mol. The summed E-state index contributed by atoms with van der Waals surface area (Å²) >= 11 is 0. The Bertz CT molecular complexity index is 499. The van der Waals surface area contributed by atoms with Crippen molar-refractivity contribution in [1.82, 2.24) is 4.90 Å². The Hall–Kier alpha value is -1.83. The zero-order valence-electron chi connectivity index (χ0n) is 12.0. The molecule has 1 amide bonds. The SMILES string of the molecule is COc1ccc(N)cc1NC(=O)CCN1CC(O)C(O)C1. The van der Waals surface area contributed by atoms with Gasteiger partial charge in [0.25, 0.3) is 0 Å². The molecule has 1 fully saturated rings. The van der Waals surface area contributed by atoms with E-state index in [0.29, 0.717) is 36.8 Å². The molecule has 0 bridgehead atoms. The third-order valence-corrected chi connectivity index (χ3v) is 3.49. The lowest BCUT2D eigenvalue weighted by atomic mass is 10.2. The van der Waals surface area contributed by atoms with Crippen molar-refractivity contribution in [3.63, 3.8) is 0 Å². The second-order valence-corrected chi connectivity index (χ2v) is 5.15. The van der Waals surface area contributed by atoms with E-state index in [1.165, 1.54) is 7.11 Å². The zero-order chi connectivity index (χ0) is 15.4. The van der Waals surface area contributed by atoms with E-state index in [0.717, 1.165) is 0 Å². The van der Waals surface area contributed by atoms with Crippen LogP contribution < -0.4 is 15.8 Å². The van der Waals surface area contributed by atoms with Gasteiger partial charge in [0.1, 0.15) is 5.75 Å². The number of ether oxygens (including phenoxy) is 1. The molecule has 1 heterocycles. The van der Waals surface area contributed by atoms with Gasteiger partial charge in [-0.3, -0.25) is 9.69 Å². The number of anilines is 2. The van der Waals surface area contributed by atoms with E-state index in [4.69, 9.17) is 10.5 Å². The normalized spacial score (nSPS) is 22.2. The van der Waals surface area contributed by atoms with Gasteiger partial charge in [-0.2, -0.15) is 0 Å². The Balaban J connectivity index is 1.86. The van der Waals surface area contributed by atoms with E-state index >= 15 is 0 Å². The molecule has 2 rings (SSSR count). The van der Waals surface area contributed by atoms with Crippen molar-refractivity contribution in [3.8, 4) is 5.75 Å². The topological polar surface area (TPSA) is 108 Å². The molecule has 0 aromatic heterocycles. The fourth-order valence-corrected chi connectivity index (χ4v) is 2.33. The van der Waals surface area contributed by atoms with E-state index < -0.39 is 12.2 Å².